The molecule has 7 heteroatoms. The summed E-state index contributed by atoms with van der Waals surface area (Å²) in [6, 6.07) is 8.26. The Hall–Kier alpha value is -3.09. The molecule has 0 unspecified atom stereocenters. The maximum absolute atomic E-state index is 12.5. The van der Waals surface area contributed by atoms with Crippen molar-refractivity contribution in [3.63, 3.8) is 0 Å². The summed E-state index contributed by atoms with van der Waals surface area (Å²) in [5.41, 5.74) is 1.16. The van der Waals surface area contributed by atoms with E-state index in [9.17, 15) is 9.59 Å². The third-order valence-electron chi connectivity index (χ3n) is 4.06. The second-order valence-corrected chi connectivity index (χ2v) is 6.68. The molecule has 2 N–H and O–H groups in total. The van der Waals surface area contributed by atoms with Gasteiger partial charge in [0.05, 0.1) is 0 Å². The number of nitrogens with zero attached hydrogens (tertiary/aromatic N) is 1. The minimum atomic E-state index is -0.328. The molecule has 142 valence electrons. The van der Waals surface area contributed by atoms with Crippen LogP contribution in [0.15, 0.2) is 36.5 Å². The van der Waals surface area contributed by atoms with Crippen molar-refractivity contribution in [2.24, 2.45) is 5.92 Å². The molecule has 7 nitrogen and oxygen atoms in total. The van der Waals surface area contributed by atoms with E-state index in [4.69, 9.17) is 9.47 Å². The Labute approximate surface area is 158 Å². The maximum Gasteiger partial charge on any atom is 0.269 e. The summed E-state index contributed by atoms with van der Waals surface area (Å²) >= 11 is 0. The Morgan fingerprint density at radius 1 is 1.07 bits per heavy atom. The summed E-state index contributed by atoms with van der Waals surface area (Å²) in [6.07, 6.45) is 2.34. The quantitative estimate of drug-likeness (QED) is 0.817. The van der Waals surface area contributed by atoms with Gasteiger partial charge in [-0.2, -0.15) is 0 Å². The molecular weight excluding hydrogens is 346 g/mol. The molecule has 27 heavy (non-hydrogen) atoms. The van der Waals surface area contributed by atoms with Gasteiger partial charge >= 0.3 is 0 Å². The van der Waals surface area contributed by atoms with Crippen molar-refractivity contribution in [2.45, 2.75) is 20.3 Å². The molecule has 0 aliphatic carbocycles. The smallest absolute Gasteiger partial charge is 0.269 e. The second kappa shape index (κ2) is 8.53. The highest BCUT2D eigenvalue weighted by Crippen LogP contribution is 2.32. The lowest BCUT2D eigenvalue weighted by Crippen LogP contribution is -2.26. The van der Waals surface area contributed by atoms with Crippen LogP contribution in [-0.4, -0.2) is 36.6 Å². The highest BCUT2D eigenvalue weighted by molar-refractivity contribution is 6.05. The zero-order chi connectivity index (χ0) is 19.2. The first-order valence-electron chi connectivity index (χ1n) is 8.98. The van der Waals surface area contributed by atoms with E-state index >= 15 is 0 Å². The monoisotopic (exact) mass is 369 g/mol. The van der Waals surface area contributed by atoms with Gasteiger partial charge < -0.3 is 20.1 Å². The lowest BCUT2D eigenvalue weighted by atomic mass is 10.1. The molecule has 1 aromatic carbocycles. The van der Waals surface area contributed by atoms with Crippen LogP contribution in [0.2, 0.25) is 0 Å². The zero-order valence-electron chi connectivity index (χ0n) is 15.5. The average molecular weight is 369 g/mol. The fourth-order valence-corrected chi connectivity index (χ4v) is 2.59. The van der Waals surface area contributed by atoms with Gasteiger partial charge in [-0.05, 0) is 36.6 Å². The summed E-state index contributed by atoms with van der Waals surface area (Å²) in [4.78, 5) is 28.8. The van der Waals surface area contributed by atoms with Crippen LogP contribution in [-0.2, 0) is 0 Å². The summed E-state index contributed by atoms with van der Waals surface area (Å²) in [5, 5.41) is 5.62. The van der Waals surface area contributed by atoms with E-state index in [1.165, 1.54) is 12.3 Å². The Bertz CT molecular complexity index is 836. The van der Waals surface area contributed by atoms with Crippen LogP contribution in [0.1, 0.15) is 41.1 Å². The van der Waals surface area contributed by atoms with Gasteiger partial charge in [0.15, 0.2) is 11.5 Å². The number of ether oxygens (including phenoxy) is 2. The number of amides is 2. The normalized spacial score (nSPS) is 12.6. The van der Waals surface area contributed by atoms with Gasteiger partial charge in [0.25, 0.3) is 11.8 Å². The number of carbonyl (C=O) groups is 2. The number of carbonyl (C=O) groups excluding carboxylic acids is 2. The van der Waals surface area contributed by atoms with Crippen LogP contribution in [0.25, 0.3) is 0 Å². The summed E-state index contributed by atoms with van der Waals surface area (Å²) in [7, 11) is 0. The largest absolute Gasteiger partial charge is 0.486 e. The zero-order valence-corrected chi connectivity index (χ0v) is 15.5. The minimum absolute atomic E-state index is 0.216. The number of aromatic nitrogens is 1. The molecule has 2 heterocycles. The van der Waals surface area contributed by atoms with Crippen LogP contribution in [0, 0.1) is 5.92 Å². The van der Waals surface area contributed by atoms with Crippen molar-refractivity contribution in [3.8, 4) is 11.5 Å². The van der Waals surface area contributed by atoms with Gasteiger partial charge in [0.1, 0.15) is 18.9 Å². The van der Waals surface area contributed by atoms with E-state index in [0.29, 0.717) is 48.4 Å². The van der Waals surface area contributed by atoms with Crippen LogP contribution in [0.3, 0.4) is 0 Å². The molecule has 0 bridgehead atoms. The molecular formula is C20H23N3O4. The van der Waals surface area contributed by atoms with E-state index < -0.39 is 0 Å². The van der Waals surface area contributed by atoms with Crippen LogP contribution in [0.5, 0.6) is 11.5 Å². The number of fused-ring (bicyclic) bond motifs is 1. The van der Waals surface area contributed by atoms with Gasteiger partial charge in [-0.25, -0.2) is 0 Å². The van der Waals surface area contributed by atoms with Crippen molar-refractivity contribution in [1.29, 1.82) is 0 Å². The standard InChI is InChI=1S/C20H23N3O4/c1-13(2)5-7-22-20(25)16-11-14(6-8-21-16)19(24)23-15-3-4-17-18(12-15)27-10-9-26-17/h3-4,6,8,11-13H,5,7,9-10H2,1-2H3,(H,22,25)(H,23,24). The second-order valence-electron chi connectivity index (χ2n) is 6.68. The third kappa shape index (κ3) is 4.97. The molecule has 0 spiro atoms. The summed E-state index contributed by atoms with van der Waals surface area (Å²) in [6.45, 7) is 5.74. The first-order chi connectivity index (χ1) is 13.0. The van der Waals surface area contributed by atoms with E-state index in [0.717, 1.165) is 6.42 Å². The third-order valence-corrected chi connectivity index (χ3v) is 4.06. The van der Waals surface area contributed by atoms with Crippen LogP contribution in [0.4, 0.5) is 5.69 Å². The Kier molecular flexibility index (Phi) is 5.90. The van der Waals surface area contributed by atoms with Crippen LogP contribution >= 0.6 is 0 Å². The fraction of sp³-hybridized carbons (Fsp3) is 0.350. The van der Waals surface area contributed by atoms with Crippen molar-refractivity contribution in [3.05, 3.63) is 47.8 Å². The van der Waals surface area contributed by atoms with Gasteiger partial charge in [0, 0.05) is 30.1 Å². The molecule has 0 saturated carbocycles. The first-order valence-corrected chi connectivity index (χ1v) is 8.98. The molecule has 1 aliphatic heterocycles. The molecule has 3 rings (SSSR count). The molecule has 2 aromatic rings. The number of pyridine rings is 1. The van der Waals surface area contributed by atoms with Gasteiger partial charge in [0.2, 0.25) is 0 Å². The molecule has 0 saturated heterocycles. The lowest BCUT2D eigenvalue weighted by molar-refractivity contribution is 0.0947. The number of hydrogen-bond donors (Lipinski definition) is 2. The Balaban J connectivity index is 1.65. The number of nitrogens with one attached hydrogen (secondary N) is 2. The fourth-order valence-electron chi connectivity index (χ4n) is 2.59. The molecule has 0 radical (unpaired) electrons. The SMILES string of the molecule is CC(C)CCNC(=O)c1cc(C(=O)Nc2ccc3c(c2)OCCO3)ccn1. The average Bonchev–Trinajstić information content (AvgIpc) is 2.67. The maximum atomic E-state index is 12.5. The summed E-state index contributed by atoms with van der Waals surface area (Å²) < 4.78 is 11.0. The van der Waals surface area contributed by atoms with E-state index in [-0.39, 0.29) is 17.5 Å². The van der Waals surface area contributed by atoms with E-state index in [1.807, 2.05) is 0 Å². The molecule has 1 aromatic heterocycles. The van der Waals surface area contributed by atoms with E-state index in [1.54, 1.807) is 24.3 Å². The highest BCUT2D eigenvalue weighted by Gasteiger charge is 2.15. The topological polar surface area (TPSA) is 89.6 Å². The molecule has 0 atom stereocenters. The Morgan fingerprint density at radius 3 is 2.63 bits per heavy atom. The van der Waals surface area contributed by atoms with Crippen molar-refractivity contribution >= 4 is 17.5 Å². The molecule has 1 aliphatic rings. The first kappa shape index (κ1) is 18.7. The predicted molar refractivity (Wildman–Crippen MR) is 101 cm³/mol. The van der Waals surface area contributed by atoms with Gasteiger partial charge in [-0.3, -0.25) is 14.6 Å². The number of hydrogen-bond acceptors (Lipinski definition) is 5. The molecule has 0 fully saturated rings. The Morgan fingerprint density at radius 2 is 1.85 bits per heavy atom. The van der Waals surface area contributed by atoms with Gasteiger partial charge in [-0.15, -0.1) is 0 Å². The number of rotatable bonds is 6. The van der Waals surface area contributed by atoms with Crippen molar-refractivity contribution in [1.82, 2.24) is 10.3 Å². The highest BCUT2D eigenvalue weighted by atomic mass is 16.6. The van der Waals surface area contributed by atoms with Crippen LogP contribution < -0.4 is 20.1 Å². The lowest BCUT2D eigenvalue weighted by Gasteiger charge is -2.19. The molecule has 2 amide bonds. The van der Waals surface area contributed by atoms with Gasteiger partial charge in [-0.1, -0.05) is 13.8 Å². The summed E-state index contributed by atoms with van der Waals surface area (Å²) in [5.74, 6) is 1.14. The number of benzene rings is 1. The van der Waals surface area contributed by atoms with Crippen molar-refractivity contribution in [2.75, 3.05) is 25.1 Å². The number of anilines is 1. The minimum Gasteiger partial charge on any atom is -0.486 e. The predicted octanol–water partition coefficient (Wildman–Crippen LogP) is 2.88. The van der Waals surface area contributed by atoms with E-state index in [2.05, 4.69) is 29.5 Å². The van der Waals surface area contributed by atoms with Crippen molar-refractivity contribution < 1.29 is 19.1 Å².